The van der Waals surface area contributed by atoms with Crippen molar-refractivity contribution < 1.29 is 22.7 Å². The highest BCUT2D eigenvalue weighted by atomic mass is 19.4. The van der Waals surface area contributed by atoms with Crippen molar-refractivity contribution in [1.82, 2.24) is 10.7 Å². The molecule has 1 saturated heterocycles. The zero-order chi connectivity index (χ0) is 9.19. The van der Waals surface area contributed by atoms with E-state index in [4.69, 9.17) is 0 Å². The normalized spacial score (nSPS) is 21.5. The predicted octanol–water partition coefficient (Wildman–Crippen LogP) is 1.15. The summed E-state index contributed by atoms with van der Waals surface area (Å²) in [4.78, 5) is 0. The van der Waals surface area contributed by atoms with Crippen LogP contribution in [0.2, 0.25) is 0 Å². The Morgan fingerprint density at radius 1 is 1.00 bits per heavy atom. The van der Waals surface area contributed by atoms with E-state index in [0.717, 1.165) is 0 Å². The van der Waals surface area contributed by atoms with E-state index in [1.165, 1.54) is 0 Å². The largest absolute Gasteiger partial charge is 0.380 e. The summed E-state index contributed by atoms with van der Waals surface area (Å²) in [5, 5.41) is -2.18. The Labute approximate surface area is 66.2 Å². The van der Waals surface area contributed by atoms with Crippen LogP contribution in [-0.4, -0.2) is 37.0 Å². The highest BCUT2D eigenvalue weighted by molar-refractivity contribution is 4.87. The zero-order valence-electron chi connectivity index (χ0n) is 6.14. The van der Waals surface area contributed by atoms with Crippen molar-refractivity contribution in [2.24, 2.45) is 5.41 Å². The molecule has 0 radical (unpaired) electrons. The number of nitrogens with zero attached hydrogens (tertiary/aromatic N) is 2. The van der Waals surface area contributed by atoms with Gasteiger partial charge in [0.2, 0.25) is 0 Å². The van der Waals surface area contributed by atoms with Crippen LogP contribution in [-0.2, 0) is 4.74 Å². The molecule has 3 nitrogen and oxygen atoms in total. The highest BCUT2D eigenvalue weighted by Crippen LogP contribution is 2.30. The lowest BCUT2D eigenvalue weighted by Gasteiger charge is -2.40. The van der Waals surface area contributed by atoms with Crippen molar-refractivity contribution in [3.05, 3.63) is 0 Å². The molecule has 7 heteroatoms. The van der Waals surface area contributed by atoms with Crippen LogP contribution in [0, 0.1) is 5.41 Å². The lowest BCUT2D eigenvalue weighted by molar-refractivity contribution is -0.259. The van der Waals surface area contributed by atoms with Gasteiger partial charge < -0.3 is 4.74 Å². The molecule has 72 valence electrons. The predicted molar refractivity (Wildman–Crippen MR) is 31.1 cm³/mol. The van der Waals surface area contributed by atoms with Gasteiger partial charge in [-0.2, -0.15) is 0 Å². The maximum absolute atomic E-state index is 11.7. The SMILES string of the molecule is FN(F)CC1(CN(F)F)COC1. The lowest BCUT2D eigenvalue weighted by Crippen LogP contribution is -2.52. The van der Waals surface area contributed by atoms with Gasteiger partial charge >= 0.3 is 0 Å². The van der Waals surface area contributed by atoms with Crippen molar-refractivity contribution >= 4 is 0 Å². The van der Waals surface area contributed by atoms with Crippen LogP contribution >= 0.6 is 0 Å². The minimum absolute atomic E-state index is 0.0400. The second-order valence-corrected chi connectivity index (χ2v) is 2.91. The van der Waals surface area contributed by atoms with Gasteiger partial charge in [-0.15, -0.1) is 17.9 Å². The highest BCUT2D eigenvalue weighted by Gasteiger charge is 2.43. The fraction of sp³-hybridized carbons (Fsp3) is 1.00. The molecule has 0 aromatic heterocycles. The molecule has 0 unspecified atom stereocenters. The molecule has 0 spiro atoms. The van der Waals surface area contributed by atoms with Crippen LogP contribution in [0.4, 0.5) is 17.9 Å². The number of hydrogen-bond donors (Lipinski definition) is 0. The van der Waals surface area contributed by atoms with Crippen molar-refractivity contribution in [1.29, 1.82) is 0 Å². The summed E-state index contributed by atoms with van der Waals surface area (Å²) in [5.41, 5.74) is -1.10. The first-order valence-corrected chi connectivity index (χ1v) is 3.30. The average Bonchev–Trinajstić information content (AvgIpc) is 1.80. The summed E-state index contributed by atoms with van der Waals surface area (Å²) < 4.78 is 51.5. The molecule has 0 N–H and O–H groups in total. The first kappa shape index (κ1) is 9.69. The Balaban J connectivity index is 2.39. The Morgan fingerprint density at radius 3 is 1.58 bits per heavy atom. The summed E-state index contributed by atoms with van der Waals surface area (Å²) in [6.45, 7) is -1.45. The minimum Gasteiger partial charge on any atom is -0.380 e. The quantitative estimate of drug-likeness (QED) is 0.486. The maximum atomic E-state index is 11.7. The molecule has 0 bridgehead atoms. The molecule has 1 aliphatic heterocycles. The van der Waals surface area contributed by atoms with Gasteiger partial charge in [0.25, 0.3) is 0 Å². The molecule has 0 saturated carbocycles. The standard InChI is InChI=1S/C5H8F4N2O/c6-10(7)1-5(2-11(8)9)3-12-4-5/h1-4H2. The van der Waals surface area contributed by atoms with E-state index in [1.54, 1.807) is 0 Å². The first-order chi connectivity index (χ1) is 5.54. The molecular weight excluding hydrogens is 180 g/mol. The zero-order valence-corrected chi connectivity index (χ0v) is 6.14. The van der Waals surface area contributed by atoms with Gasteiger partial charge in [0, 0.05) is 10.7 Å². The Bertz CT molecular complexity index is 138. The van der Waals surface area contributed by atoms with Crippen LogP contribution in [0.15, 0.2) is 0 Å². The molecule has 0 aromatic rings. The molecule has 1 rings (SSSR count). The van der Waals surface area contributed by atoms with Crippen molar-refractivity contribution in [2.75, 3.05) is 26.3 Å². The van der Waals surface area contributed by atoms with Crippen molar-refractivity contribution in [3.63, 3.8) is 0 Å². The van der Waals surface area contributed by atoms with E-state index in [9.17, 15) is 17.9 Å². The number of rotatable bonds is 4. The Kier molecular flexibility index (Phi) is 2.86. The monoisotopic (exact) mass is 188 g/mol. The summed E-state index contributed by atoms with van der Waals surface area (Å²) in [6, 6.07) is 0. The molecule has 1 fully saturated rings. The average molecular weight is 188 g/mol. The van der Waals surface area contributed by atoms with Crippen molar-refractivity contribution in [2.45, 2.75) is 0 Å². The van der Waals surface area contributed by atoms with E-state index in [2.05, 4.69) is 4.74 Å². The first-order valence-electron chi connectivity index (χ1n) is 3.30. The Morgan fingerprint density at radius 2 is 1.42 bits per heavy atom. The second-order valence-electron chi connectivity index (χ2n) is 2.91. The van der Waals surface area contributed by atoms with E-state index in [1.807, 2.05) is 0 Å². The maximum Gasteiger partial charge on any atom is 0.0735 e. The van der Waals surface area contributed by atoms with Crippen LogP contribution < -0.4 is 0 Å². The molecule has 0 atom stereocenters. The number of halogens is 4. The lowest BCUT2D eigenvalue weighted by atomic mass is 9.86. The van der Waals surface area contributed by atoms with Crippen LogP contribution in [0.1, 0.15) is 0 Å². The third kappa shape index (κ3) is 2.29. The van der Waals surface area contributed by atoms with Gasteiger partial charge in [0.15, 0.2) is 0 Å². The molecule has 0 aliphatic carbocycles. The van der Waals surface area contributed by atoms with E-state index < -0.39 is 29.2 Å². The van der Waals surface area contributed by atoms with E-state index in [0.29, 0.717) is 0 Å². The molecular formula is C5H8F4N2O. The summed E-state index contributed by atoms with van der Waals surface area (Å²) in [7, 11) is 0. The summed E-state index contributed by atoms with van der Waals surface area (Å²) in [5.74, 6) is 0. The third-order valence-electron chi connectivity index (χ3n) is 1.73. The molecule has 1 aliphatic rings. The molecule has 0 amide bonds. The van der Waals surface area contributed by atoms with Crippen molar-refractivity contribution in [3.8, 4) is 0 Å². The van der Waals surface area contributed by atoms with Gasteiger partial charge in [-0.1, -0.05) is 0 Å². The minimum atomic E-state index is -1.10. The van der Waals surface area contributed by atoms with Crippen LogP contribution in [0.25, 0.3) is 0 Å². The van der Waals surface area contributed by atoms with Gasteiger partial charge in [-0.25, -0.2) is 0 Å². The van der Waals surface area contributed by atoms with Gasteiger partial charge in [0.1, 0.15) is 0 Å². The smallest absolute Gasteiger partial charge is 0.0735 e. The topological polar surface area (TPSA) is 15.7 Å². The fourth-order valence-corrected chi connectivity index (χ4v) is 1.13. The third-order valence-corrected chi connectivity index (χ3v) is 1.73. The van der Waals surface area contributed by atoms with Gasteiger partial charge in [-0.05, 0) is 0 Å². The van der Waals surface area contributed by atoms with Crippen LogP contribution in [0.5, 0.6) is 0 Å². The number of hydrogen-bond acceptors (Lipinski definition) is 3. The molecule has 0 aromatic carbocycles. The summed E-state index contributed by atoms with van der Waals surface area (Å²) in [6.07, 6.45) is 0. The van der Waals surface area contributed by atoms with E-state index in [-0.39, 0.29) is 13.2 Å². The van der Waals surface area contributed by atoms with Gasteiger partial charge in [0.05, 0.1) is 31.7 Å². The number of ether oxygens (including phenoxy) is 1. The molecule has 1 heterocycles. The van der Waals surface area contributed by atoms with Gasteiger partial charge in [-0.3, -0.25) is 0 Å². The molecule has 12 heavy (non-hydrogen) atoms. The van der Waals surface area contributed by atoms with Crippen LogP contribution in [0.3, 0.4) is 0 Å². The van der Waals surface area contributed by atoms with E-state index >= 15 is 0 Å². The summed E-state index contributed by atoms with van der Waals surface area (Å²) >= 11 is 0. The fourth-order valence-electron chi connectivity index (χ4n) is 1.13. The Hall–Kier alpha value is -0.400. The second kappa shape index (κ2) is 3.55.